The van der Waals surface area contributed by atoms with Crippen LogP contribution in [0.1, 0.15) is 31.2 Å². The zero-order valence-corrected chi connectivity index (χ0v) is 14.8. The molecule has 2 heterocycles. The highest BCUT2D eigenvalue weighted by Gasteiger charge is 2.27. The maximum atomic E-state index is 12.0. The molecule has 0 radical (unpaired) electrons. The molecule has 1 aromatic carbocycles. The van der Waals surface area contributed by atoms with Crippen molar-refractivity contribution in [3.8, 4) is 0 Å². The van der Waals surface area contributed by atoms with E-state index in [0.29, 0.717) is 19.3 Å². The first-order valence-electron chi connectivity index (χ1n) is 8.97. The third kappa shape index (κ3) is 4.93. The summed E-state index contributed by atoms with van der Waals surface area (Å²) in [7, 11) is 0. The number of fused-ring (bicyclic) bond motifs is 1. The molecule has 27 heavy (non-hydrogen) atoms. The van der Waals surface area contributed by atoms with Crippen LogP contribution in [0.15, 0.2) is 30.5 Å². The molecule has 2 aromatic rings. The molecule has 4 amide bonds. The molecule has 1 unspecified atom stereocenters. The van der Waals surface area contributed by atoms with Crippen LogP contribution < -0.4 is 16.0 Å². The summed E-state index contributed by atoms with van der Waals surface area (Å²) >= 11 is 0. The van der Waals surface area contributed by atoms with E-state index in [1.807, 2.05) is 30.5 Å². The molecule has 0 bridgehead atoms. The molecule has 1 atom stereocenters. The van der Waals surface area contributed by atoms with Gasteiger partial charge in [-0.2, -0.15) is 0 Å². The fourth-order valence-electron chi connectivity index (χ4n) is 3.09. The molecule has 8 nitrogen and oxygen atoms in total. The van der Waals surface area contributed by atoms with Gasteiger partial charge in [0.25, 0.3) is 0 Å². The Bertz CT molecular complexity index is 873. The van der Waals surface area contributed by atoms with Crippen molar-refractivity contribution in [3.63, 3.8) is 0 Å². The molecule has 0 saturated carbocycles. The average molecular weight is 370 g/mol. The van der Waals surface area contributed by atoms with E-state index >= 15 is 0 Å². The Morgan fingerprint density at radius 1 is 1.11 bits per heavy atom. The highest BCUT2D eigenvalue weighted by molar-refractivity contribution is 6.01. The van der Waals surface area contributed by atoms with Crippen LogP contribution in [0.4, 0.5) is 0 Å². The van der Waals surface area contributed by atoms with Crippen LogP contribution in [0.3, 0.4) is 0 Å². The highest BCUT2D eigenvalue weighted by Crippen LogP contribution is 2.18. The Labute approximate surface area is 156 Å². The van der Waals surface area contributed by atoms with Crippen molar-refractivity contribution in [3.05, 3.63) is 36.0 Å². The van der Waals surface area contributed by atoms with E-state index in [9.17, 15) is 19.2 Å². The minimum absolute atomic E-state index is 0.0799. The highest BCUT2D eigenvalue weighted by atomic mass is 16.2. The van der Waals surface area contributed by atoms with Gasteiger partial charge in [0.2, 0.25) is 23.6 Å². The smallest absolute Gasteiger partial charge is 0.249 e. The first-order valence-corrected chi connectivity index (χ1v) is 8.97. The van der Waals surface area contributed by atoms with Crippen LogP contribution in [0, 0.1) is 0 Å². The van der Waals surface area contributed by atoms with Crippen molar-refractivity contribution in [2.24, 2.45) is 0 Å². The lowest BCUT2D eigenvalue weighted by Gasteiger charge is -2.21. The van der Waals surface area contributed by atoms with Gasteiger partial charge >= 0.3 is 0 Å². The molecule has 4 N–H and O–H groups in total. The van der Waals surface area contributed by atoms with Crippen LogP contribution in [0.5, 0.6) is 0 Å². The largest absolute Gasteiger partial charge is 0.361 e. The van der Waals surface area contributed by atoms with Crippen molar-refractivity contribution < 1.29 is 19.2 Å². The number of benzene rings is 1. The van der Waals surface area contributed by atoms with Gasteiger partial charge in [0.05, 0.1) is 0 Å². The minimum Gasteiger partial charge on any atom is -0.361 e. The fraction of sp³-hybridized carbons (Fsp3) is 0.368. The van der Waals surface area contributed by atoms with Gasteiger partial charge in [0.1, 0.15) is 6.04 Å². The van der Waals surface area contributed by atoms with E-state index < -0.39 is 11.9 Å². The number of H-pyrrole nitrogens is 1. The topological polar surface area (TPSA) is 120 Å². The summed E-state index contributed by atoms with van der Waals surface area (Å²) in [6, 6.07) is 7.22. The predicted molar refractivity (Wildman–Crippen MR) is 98.6 cm³/mol. The van der Waals surface area contributed by atoms with Crippen molar-refractivity contribution in [2.45, 2.75) is 38.1 Å². The van der Waals surface area contributed by atoms with Gasteiger partial charge < -0.3 is 15.6 Å². The Morgan fingerprint density at radius 2 is 1.93 bits per heavy atom. The number of aromatic amines is 1. The molecular formula is C19H22N4O4. The summed E-state index contributed by atoms with van der Waals surface area (Å²) in [5.74, 6) is -1.27. The van der Waals surface area contributed by atoms with Crippen molar-refractivity contribution in [1.82, 2.24) is 20.9 Å². The number of amides is 4. The number of carbonyl (C=O) groups excluding carboxylic acids is 4. The van der Waals surface area contributed by atoms with Crippen molar-refractivity contribution in [1.29, 1.82) is 0 Å². The lowest BCUT2D eigenvalue weighted by Crippen LogP contribution is -2.52. The molecule has 3 rings (SSSR count). The number of carbonyl (C=O) groups is 4. The molecule has 1 saturated heterocycles. The maximum Gasteiger partial charge on any atom is 0.249 e. The second kappa shape index (κ2) is 8.48. The van der Waals surface area contributed by atoms with E-state index in [1.165, 1.54) is 0 Å². The molecule has 8 heteroatoms. The molecule has 1 aromatic heterocycles. The first-order chi connectivity index (χ1) is 13.0. The number of nitrogens with one attached hydrogen (secondary N) is 4. The normalized spacial score (nSPS) is 16.8. The molecule has 0 aliphatic carbocycles. The number of imide groups is 1. The van der Waals surface area contributed by atoms with Crippen LogP contribution >= 0.6 is 0 Å². The summed E-state index contributed by atoms with van der Waals surface area (Å²) in [4.78, 5) is 49.7. The molecular weight excluding hydrogens is 348 g/mol. The number of hydrogen-bond donors (Lipinski definition) is 4. The van der Waals surface area contributed by atoms with E-state index in [0.717, 1.165) is 16.5 Å². The third-order valence-corrected chi connectivity index (χ3v) is 4.54. The van der Waals surface area contributed by atoms with Gasteiger partial charge in [-0.3, -0.25) is 24.5 Å². The van der Waals surface area contributed by atoms with Gasteiger partial charge in [-0.1, -0.05) is 18.2 Å². The molecule has 142 valence electrons. The number of piperidine rings is 1. The SMILES string of the molecule is O=C(CCc1c[nH]c2ccccc12)NCCC(=O)NC1CCC(=O)NC1=O. The monoisotopic (exact) mass is 370 g/mol. The lowest BCUT2D eigenvalue weighted by atomic mass is 10.1. The molecule has 1 aliphatic heterocycles. The first kappa shape index (κ1) is 18.6. The minimum atomic E-state index is -0.687. The zero-order chi connectivity index (χ0) is 19.2. The van der Waals surface area contributed by atoms with Crippen LogP contribution in [0.2, 0.25) is 0 Å². The maximum absolute atomic E-state index is 12.0. The van der Waals surface area contributed by atoms with E-state index in [2.05, 4.69) is 20.9 Å². The van der Waals surface area contributed by atoms with Gasteiger partial charge in [0, 0.05) is 42.9 Å². The molecule has 1 fully saturated rings. The van der Waals surface area contributed by atoms with Crippen LogP contribution in [0.25, 0.3) is 10.9 Å². The Kier molecular flexibility index (Phi) is 5.85. The number of aryl methyl sites for hydroxylation is 1. The van der Waals surface area contributed by atoms with Gasteiger partial charge in [-0.25, -0.2) is 0 Å². The van der Waals surface area contributed by atoms with E-state index in [4.69, 9.17) is 0 Å². The Morgan fingerprint density at radius 3 is 2.74 bits per heavy atom. The Hall–Kier alpha value is -3.16. The lowest BCUT2D eigenvalue weighted by molar-refractivity contribution is -0.137. The van der Waals surface area contributed by atoms with Gasteiger partial charge in [-0.05, 0) is 24.5 Å². The second-order valence-corrected chi connectivity index (χ2v) is 6.53. The van der Waals surface area contributed by atoms with E-state index in [1.54, 1.807) is 0 Å². The fourth-order valence-corrected chi connectivity index (χ4v) is 3.09. The van der Waals surface area contributed by atoms with Crippen molar-refractivity contribution in [2.75, 3.05) is 6.54 Å². The second-order valence-electron chi connectivity index (χ2n) is 6.53. The number of aromatic nitrogens is 1. The predicted octanol–water partition coefficient (Wildman–Crippen LogP) is 0.528. The van der Waals surface area contributed by atoms with Crippen LogP contribution in [-0.4, -0.2) is 41.2 Å². The molecule has 1 aliphatic rings. The van der Waals surface area contributed by atoms with Gasteiger partial charge in [-0.15, -0.1) is 0 Å². The number of para-hydroxylation sites is 1. The standard InChI is InChI=1S/C19H22N4O4/c24-16(7-5-12-11-21-14-4-2-1-3-13(12)14)20-10-9-18(26)22-15-6-8-17(25)23-19(15)27/h1-4,11,15,21H,5-10H2,(H,20,24)(H,22,26)(H,23,25,27). The Balaban J connectivity index is 1.36. The third-order valence-electron chi connectivity index (χ3n) is 4.54. The van der Waals surface area contributed by atoms with Crippen molar-refractivity contribution >= 4 is 34.5 Å². The summed E-state index contributed by atoms with van der Waals surface area (Å²) in [5.41, 5.74) is 2.12. The van der Waals surface area contributed by atoms with E-state index in [-0.39, 0.29) is 37.1 Å². The summed E-state index contributed by atoms with van der Waals surface area (Å²) in [5, 5.41) is 8.59. The molecule has 0 spiro atoms. The summed E-state index contributed by atoms with van der Waals surface area (Å²) in [6.45, 7) is 0.200. The van der Waals surface area contributed by atoms with Gasteiger partial charge in [0.15, 0.2) is 0 Å². The summed E-state index contributed by atoms with van der Waals surface area (Å²) in [6.07, 6.45) is 3.44. The average Bonchev–Trinajstić information content (AvgIpc) is 3.05. The zero-order valence-electron chi connectivity index (χ0n) is 14.8. The number of rotatable bonds is 7. The quantitative estimate of drug-likeness (QED) is 0.531. The summed E-state index contributed by atoms with van der Waals surface area (Å²) < 4.78 is 0. The van der Waals surface area contributed by atoms with Crippen LogP contribution in [-0.2, 0) is 25.6 Å². The number of hydrogen-bond acceptors (Lipinski definition) is 4.